The standard InChI is InChI=1S/C43H62N6O11/c1-43(2,3)35(48-38(54)30(21-13-14-22-32(51)60-4)45-37(53)28-19-11-12-20-29(28)42(58)59)41(57)49-24-27(50)23-31(49)39(55)47-34(26-17-9-6-10-18-26)40(56)46-33(36(44)52)25-15-7-5-8-16-25/h11-12,14,19-20,22,25-27,30-31,33-35,50H,5-10,13,15-18,21,23-24H2,1-4H3,(H2,44,52)(H,45,53)(H,46,56)(H,47,55)(H,48,54)(H,58,59)/b22-14+/t27-,30+,31+,33+,34+,35-/m1/s1. The summed E-state index contributed by atoms with van der Waals surface area (Å²) in [7, 11) is 1.20. The number of aromatic carboxylic acids is 1. The van der Waals surface area contributed by atoms with Gasteiger partial charge < -0.3 is 46.9 Å². The first-order valence-corrected chi connectivity index (χ1v) is 21.0. The fourth-order valence-electron chi connectivity index (χ4n) is 8.49. The molecule has 1 heterocycles. The number of carboxylic acids is 1. The van der Waals surface area contributed by atoms with Gasteiger partial charge in [-0.15, -0.1) is 0 Å². The normalized spacial score (nSPS) is 20.9. The number of amides is 6. The molecular formula is C43H62N6O11. The zero-order valence-electron chi connectivity index (χ0n) is 35.1. The molecule has 17 nitrogen and oxygen atoms in total. The number of aliphatic hydroxyl groups is 1. The Labute approximate surface area is 351 Å². The monoisotopic (exact) mass is 838 g/mol. The van der Waals surface area contributed by atoms with E-state index in [9.17, 15) is 48.6 Å². The fourth-order valence-corrected chi connectivity index (χ4v) is 8.49. The van der Waals surface area contributed by atoms with Crippen molar-refractivity contribution in [3.63, 3.8) is 0 Å². The molecule has 6 amide bonds. The zero-order valence-corrected chi connectivity index (χ0v) is 35.1. The highest BCUT2D eigenvalue weighted by atomic mass is 16.5. The number of hydrogen-bond donors (Lipinski definition) is 7. The summed E-state index contributed by atoms with van der Waals surface area (Å²) < 4.78 is 4.62. The number of carboxylic acid groups (broad SMARTS) is 1. The predicted molar refractivity (Wildman–Crippen MR) is 219 cm³/mol. The van der Waals surface area contributed by atoms with Crippen LogP contribution in [0.1, 0.15) is 125 Å². The summed E-state index contributed by atoms with van der Waals surface area (Å²) >= 11 is 0. The molecule has 60 heavy (non-hydrogen) atoms. The first-order chi connectivity index (χ1) is 28.4. The van der Waals surface area contributed by atoms with Gasteiger partial charge in [0, 0.05) is 19.0 Å². The second-order valence-corrected chi connectivity index (χ2v) is 17.3. The molecule has 0 bridgehead atoms. The van der Waals surface area contributed by atoms with E-state index in [2.05, 4.69) is 26.0 Å². The molecule has 0 spiro atoms. The highest BCUT2D eigenvalue weighted by molar-refractivity contribution is 6.06. The summed E-state index contributed by atoms with van der Waals surface area (Å²) in [5.41, 5.74) is 4.31. The maximum atomic E-state index is 14.5. The Morgan fingerprint density at radius 3 is 1.97 bits per heavy atom. The van der Waals surface area contributed by atoms with Gasteiger partial charge in [-0.05, 0) is 67.9 Å². The van der Waals surface area contributed by atoms with Crippen molar-refractivity contribution in [3.8, 4) is 0 Å². The Hall–Kier alpha value is -5.32. The summed E-state index contributed by atoms with van der Waals surface area (Å²) in [6, 6.07) is -0.298. The van der Waals surface area contributed by atoms with Gasteiger partial charge in [-0.1, -0.05) is 77.5 Å². The predicted octanol–water partition coefficient (Wildman–Crippen LogP) is 2.10. The van der Waals surface area contributed by atoms with E-state index >= 15 is 0 Å². The van der Waals surface area contributed by atoms with Crippen LogP contribution in [-0.4, -0.2) is 112 Å². The molecule has 1 aromatic rings. The maximum Gasteiger partial charge on any atom is 0.336 e. The SMILES string of the molecule is COC(=O)/C=C/CC[C@H](NC(=O)c1ccccc1C(=O)O)C(=O)N[C@H](C(=O)N1C[C@H](O)C[C@H]1C(=O)N[C@H](C(=O)N[C@H](C(N)=O)C1CCCCC1)C1CCCCC1)C(C)(C)C. The number of nitrogens with one attached hydrogen (secondary N) is 4. The molecule has 6 atom stereocenters. The molecule has 1 saturated heterocycles. The molecule has 4 rings (SSSR count). The Bertz CT molecular complexity index is 1760. The summed E-state index contributed by atoms with van der Waals surface area (Å²) in [6.45, 7) is 4.84. The molecule has 17 heteroatoms. The van der Waals surface area contributed by atoms with Crippen molar-refractivity contribution < 1.29 is 53.3 Å². The van der Waals surface area contributed by atoms with E-state index in [0.717, 1.165) is 57.4 Å². The Balaban J connectivity index is 1.57. The van der Waals surface area contributed by atoms with Crippen LogP contribution in [0.2, 0.25) is 0 Å². The van der Waals surface area contributed by atoms with Crippen LogP contribution in [0, 0.1) is 17.3 Å². The van der Waals surface area contributed by atoms with Crippen molar-refractivity contribution in [3.05, 3.63) is 47.5 Å². The quantitative estimate of drug-likeness (QED) is 0.0883. The van der Waals surface area contributed by atoms with Gasteiger partial charge in [0.2, 0.25) is 29.5 Å². The number of benzene rings is 1. The van der Waals surface area contributed by atoms with E-state index in [1.165, 1.54) is 42.4 Å². The first kappa shape index (κ1) is 47.4. The van der Waals surface area contributed by atoms with E-state index in [0.29, 0.717) is 12.8 Å². The van der Waals surface area contributed by atoms with Crippen LogP contribution < -0.4 is 27.0 Å². The Morgan fingerprint density at radius 1 is 0.833 bits per heavy atom. The number of carbonyl (C=O) groups excluding carboxylic acids is 7. The van der Waals surface area contributed by atoms with Crippen LogP contribution in [0.5, 0.6) is 0 Å². The van der Waals surface area contributed by atoms with Crippen molar-refractivity contribution in [1.29, 1.82) is 0 Å². The van der Waals surface area contributed by atoms with Crippen LogP contribution in [0.4, 0.5) is 0 Å². The number of ether oxygens (including phenoxy) is 1. The highest BCUT2D eigenvalue weighted by Crippen LogP contribution is 2.31. The average molecular weight is 839 g/mol. The van der Waals surface area contributed by atoms with Gasteiger partial charge in [0.15, 0.2) is 0 Å². The number of allylic oxidation sites excluding steroid dienone is 1. The van der Waals surface area contributed by atoms with E-state index in [1.807, 2.05) is 0 Å². The van der Waals surface area contributed by atoms with E-state index in [-0.39, 0.29) is 48.8 Å². The molecule has 0 unspecified atom stereocenters. The van der Waals surface area contributed by atoms with Crippen molar-refractivity contribution in [1.82, 2.24) is 26.2 Å². The van der Waals surface area contributed by atoms with Crippen LogP contribution in [0.3, 0.4) is 0 Å². The van der Waals surface area contributed by atoms with Crippen molar-refractivity contribution in [2.75, 3.05) is 13.7 Å². The zero-order chi connectivity index (χ0) is 44.1. The third-order valence-electron chi connectivity index (χ3n) is 11.8. The van der Waals surface area contributed by atoms with Gasteiger partial charge in [-0.3, -0.25) is 28.8 Å². The lowest BCUT2D eigenvalue weighted by molar-refractivity contribution is -0.145. The van der Waals surface area contributed by atoms with Crippen molar-refractivity contribution >= 4 is 47.4 Å². The molecule has 3 aliphatic rings. The van der Waals surface area contributed by atoms with Gasteiger partial charge in [-0.25, -0.2) is 9.59 Å². The number of methoxy groups -OCH3 is 1. The van der Waals surface area contributed by atoms with Crippen LogP contribution >= 0.6 is 0 Å². The number of nitrogens with two attached hydrogens (primary N) is 1. The molecule has 1 aromatic carbocycles. The minimum atomic E-state index is -1.35. The minimum Gasteiger partial charge on any atom is -0.478 e. The molecule has 1 aliphatic heterocycles. The van der Waals surface area contributed by atoms with E-state index < -0.39 is 89.1 Å². The lowest BCUT2D eigenvalue weighted by atomic mass is 9.81. The number of hydrogen-bond acceptors (Lipinski definition) is 10. The Kier molecular flexibility index (Phi) is 17.2. The molecule has 2 saturated carbocycles. The van der Waals surface area contributed by atoms with Gasteiger partial charge >= 0.3 is 11.9 Å². The number of β-amino-alcohol motifs (C(OH)–C–C–N with tert-alkyl or cyclic N) is 1. The number of primary amides is 1. The second-order valence-electron chi connectivity index (χ2n) is 17.3. The van der Waals surface area contributed by atoms with Crippen LogP contribution in [0.15, 0.2) is 36.4 Å². The minimum absolute atomic E-state index is 0.0687. The summed E-state index contributed by atoms with van der Waals surface area (Å²) in [4.78, 5) is 108. The largest absolute Gasteiger partial charge is 0.478 e. The number of likely N-dealkylation sites (tertiary alicyclic amines) is 1. The van der Waals surface area contributed by atoms with E-state index in [4.69, 9.17) is 5.73 Å². The second kappa shape index (κ2) is 21.8. The van der Waals surface area contributed by atoms with E-state index in [1.54, 1.807) is 20.8 Å². The number of carbonyl (C=O) groups is 8. The summed E-state index contributed by atoms with van der Waals surface area (Å²) in [5, 5.41) is 31.6. The molecule has 3 fully saturated rings. The average Bonchev–Trinajstić information content (AvgIpc) is 3.63. The lowest BCUT2D eigenvalue weighted by Gasteiger charge is -2.37. The third kappa shape index (κ3) is 12.8. The molecule has 330 valence electrons. The number of aliphatic hydroxyl groups excluding tert-OH is 1. The topological polar surface area (TPSA) is 264 Å². The smallest absolute Gasteiger partial charge is 0.336 e. The molecular weight excluding hydrogens is 777 g/mol. The van der Waals surface area contributed by atoms with Gasteiger partial charge in [-0.2, -0.15) is 0 Å². The maximum absolute atomic E-state index is 14.5. The molecule has 8 N–H and O–H groups in total. The van der Waals surface area contributed by atoms with Crippen molar-refractivity contribution in [2.24, 2.45) is 23.0 Å². The Morgan fingerprint density at radius 2 is 1.42 bits per heavy atom. The summed E-state index contributed by atoms with van der Waals surface area (Å²) in [6.07, 6.45) is 9.74. The van der Waals surface area contributed by atoms with Crippen LogP contribution in [0.25, 0.3) is 0 Å². The third-order valence-corrected chi connectivity index (χ3v) is 11.8. The van der Waals surface area contributed by atoms with Gasteiger partial charge in [0.05, 0.1) is 24.3 Å². The van der Waals surface area contributed by atoms with Crippen LogP contribution in [-0.2, 0) is 33.5 Å². The molecule has 2 aliphatic carbocycles. The number of nitrogens with zero attached hydrogens (tertiary/aromatic N) is 1. The molecule has 0 aromatic heterocycles. The first-order valence-electron chi connectivity index (χ1n) is 21.0. The number of rotatable bonds is 17. The van der Waals surface area contributed by atoms with Gasteiger partial charge in [0.25, 0.3) is 5.91 Å². The summed E-state index contributed by atoms with van der Waals surface area (Å²) in [5.74, 6) is -6.53. The highest BCUT2D eigenvalue weighted by Gasteiger charge is 2.46. The molecule has 0 radical (unpaired) electrons. The van der Waals surface area contributed by atoms with Crippen molar-refractivity contribution in [2.45, 2.75) is 141 Å². The lowest BCUT2D eigenvalue weighted by Crippen LogP contribution is -2.62. The fraction of sp³-hybridized carbons (Fsp3) is 0.628. The van der Waals surface area contributed by atoms with Gasteiger partial charge in [0.1, 0.15) is 30.2 Å². The number of esters is 1.